The summed E-state index contributed by atoms with van der Waals surface area (Å²) in [5.41, 5.74) is 1.30. The van der Waals surface area contributed by atoms with E-state index in [-0.39, 0.29) is 0 Å². The number of allylic oxidation sites excluding steroid dienone is 1. The van der Waals surface area contributed by atoms with Gasteiger partial charge in [-0.2, -0.15) is 5.26 Å². The molecule has 1 aromatic carbocycles. The number of benzene rings is 1. The van der Waals surface area contributed by atoms with Gasteiger partial charge in [-0.25, -0.2) is 9.59 Å². The molecule has 0 saturated carbocycles. The molecule has 1 aromatic rings. The highest BCUT2D eigenvalue weighted by Crippen LogP contribution is 2.05. The van der Waals surface area contributed by atoms with Crippen LogP contribution < -0.4 is 0 Å². The topological polar surface area (TPSA) is 67.2 Å². The van der Waals surface area contributed by atoms with E-state index in [1.807, 2.05) is 6.92 Å². The van der Waals surface area contributed by atoms with E-state index in [9.17, 15) is 9.59 Å². The van der Waals surface area contributed by atoms with Gasteiger partial charge in [-0.15, -0.1) is 0 Å². The van der Waals surface area contributed by atoms with Gasteiger partial charge in [0.05, 0.1) is 11.6 Å². The summed E-state index contributed by atoms with van der Waals surface area (Å²) in [5.74, 6) is -1.58. The second-order valence-corrected chi connectivity index (χ2v) is 3.04. The highest BCUT2D eigenvalue weighted by atomic mass is 16.6. The van der Waals surface area contributed by atoms with Crippen molar-refractivity contribution in [3.63, 3.8) is 0 Å². The van der Waals surface area contributed by atoms with Gasteiger partial charge in [-0.3, -0.25) is 0 Å². The minimum Gasteiger partial charge on any atom is -0.386 e. The Morgan fingerprint density at radius 1 is 1.31 bits per heavy atom. The van der Waals surface area contributed by atoms with Crippen molar-refractivity contribution in [1.29, 1.82) is 5.26 Å². The Morgan fingerprint density at radius 2 is 1.94 bits per heavy atom. The molecule has 16 heavy (non-hydrogen) atoms. The van der Waals surface area contributed by atoms with Crippen molar-refractivity contribution in [2.75, 3.05) is 0 Å². The van der Waals surface area contributed by atoms with Gasteiger partial charge in [-0.1, -0.05) is 17.7 Å². The smallest absolute Gasteiger partial charge is 0.346 e. The molecule has 0 aliphatic carbocycles. The van der Waals surface area contributed by atoms with E-state index < -0.39 is 11.9 Å². The zero-order valence-electron chi connectivity index (χ0n) is 8.64. The minimum absolute atomic E-state index is 0.296. The first kappa shape index (κ1) is 11.7. The molecular formula is C12H9NO3. The molecule has 0 fully saturated rings. The molecule has 4 nitrogen and oxygen atoms in total. The van der Waals surface area contributed by atoms with Crippen molar-refractivity contribution >= 4 is 11.9 Å². The Bertz CT molecular complexity index is 466. The van der Waals surface area contributed by atoms with Crippen LogP contribution in [0.25, 0.3) is 0 Å². The minimum atomic E-state index is -0.855. The van der Waals surface area contributed by atoms with Gasteiger partial charge in [0.1, 0.15) is 0 Å². The first-order chi connectivity index (χ1) is 7.63. The van der Waals surface area contributed by atoms with Gasteiger partial charge >= 0.3 is 11.9 Å². The van der Waals surface area contributed by atoms with Crippen LogP contribution >= 0.6 is 0 Å². The van der Waals surface area contributed by atoms with Crippen LogP contribution in [0, 0.1) is 18.3 Å². The van der Waals surface area contributed by atoms with Crippen LogP contribution in [-0.4, -0.2) is 11.9 Å². The van der Waals surface area contributed by atoms with Crippen molar-refractivity contribution in [1.82, 2.24) is 0 Å². The number of aryl methyl sites for hydroxylation is 1. The number of ether oxygens (including phenoxy) is 1. The maximum absolute atomic E-state index is 11.4. The average Bonchev–Trinajstić information content (AvgIpc) is 2.27. The number of hydrogen-bond acceptors (Lipinski definition) is 4. The molecule has 0 amide bonds. The van der Waals surface area contributed by atoms with Crippen molar-refractivity contribution in [3.05, 3.63) is 47.5 Å². The third kappa shape index (κ3) is 3.39. The van der Waals surface area contributed by atoms with E-state index in [4.69, 9.17) is 5.26 Å². The van der Waals surface area contributed by atoms with Crippen molar-refractivity contribution < 1.29 is 14.3 Å². The first-order valence-corrected chi connectivity index (χ1v) is 4.52. The van der Waals surface area contributed by atoms with E-state index in [1.54, 1.807) is 30.3 Å². The van der Waals surface area contributed by atoms with E-state index >= 15 is 0 Å². The molecule has 0 aliphatic heterocycles. The number of nitriles is 1. The van der Waals surface area contributed by atoms with Crippen LogP contribution in [-0.2, 0) is 9.53 Å². The molecule has 0 radical (unpaired) electrons. The SMILES string of the molecule is Cc1ccc(C(=O)OC(=O)C=CC#N)cc1. The zero-order chi connectivity index (χ0) is 12.0. The molecule has 0 bridgehead atoms. The fourth-order valence-electron chi connectivity index (χ4n) is 0.979. The van der Waals surface area contributed by atoms with E-state index in [0.29, 0.717) is 5.56 Å². The molecule has 0 atom stereocenters. The second-order valence-electron chi connectivity index (χ2n) is 3.04. The summed E-state index contributed by atoms with van der Waals surface area (Å²) >= 11 is 0. The van der Waals surface area contributed by atoms with Gasteiger partial charge in [-0.05, 0) is 19.1 Å². The van der Waals surface area contributed by atoms with E-state index in [1.165, 1.54) is 0 Å². The molecule has 0 N–H and O–H groups in total. The molecule has 0 aliphatic rings. The summed E-state index contributed by atoms with van der Waals surface area (Å²) in [6, 6.07) is 8.25. The Hall–Kier alpha value is -2.41. The fourth-order valence-corrected chi connectivity index (χ4v) is 0.979. The number of nitrogens with zero attached hydrogens (tertiary/aromatic N) is 1. The molecule has 0 heterocycles. The normalized spacial score (nSPS) is 9.75. The van der Waals surface area contributed by atoms with Crippen LogP contribution in [0.2, 0.25) is 0 Å². The molecule has 0 saturated heterocycles. The predicted octanol–water partition coefficient (Wildman–Crippen LogP) is 1.76. The molecule has 1 rings (SSSR count). The van der Waals surface area contributed by atoms with Crippen molar-refractivity contribution in [2.45, 2.75) is 6.92 Å². The zero-order valence-corrected chi connectivity index (χ0v) is 8.64. The van der Waals surface area contributed by atoms with Gasteiger partial charge in [0.25, 0.3) is 0 Å². The van der Waals surface area contributed by atoms with Crippen LogP contribution in [0.5, 0.6) is 0 Å². The number of carbonyl (C=O) groups excluding carboxylic acids is 2. The Balaban J connectivity index is 2.66. The quantitative estimate of drug-likeness (QED) is 0.326. The average molecular weight is 215 g/mol. The lowest BCUT2D eigenvalue weighted by Gasteiger charge is -2.00. The van der Waals surface area contributed by atoms with Crippen molar-refractivity contribution in [2.24, 2.45) is 0 Å². The second kappa shape index (κ2) is 5.47. The Kier molecular flexibility index (Phi) is 3.98. The molecule has 0 spiro atoms. The number of carbonyl (C=O) groups is 2. The van der Waals surface area contributed by atoms with Crippen LogP contribution in [0.15, 0.2) is 36.4 Å². The summed E-state index contributed by atoms with van der Waals surface area (Å²) in [4.78, 5) is 22.3. The lowest BCUT2D eigenvalue weighted by molar-refractivity contribution is -0.132. The summed E-state index contributed by atoms with van der Waals surface area (Å²) < 4.78 is 4.46. The number of hydrogen-bond donors (Lipinski definition) is 0. The van der Waals surface area contributed by atoms with E-state index in [2.05, 4.69) is 4.74 Å². The standard InChI is InChI=1S/C12H9NO3/c1-9-4-6-10(7-5-9)12(15)16-11(14)3-2-8-13/h2-7H,1H3. The lowest BCUT2D eigenvalue weighted by Crippen LogP contribution is -2.10. The summed E-state index contributed by atoms with van der Waals surface area (Å²) in [6.07, 6.45) is 1.84. The Morgan fingerprint density at radius 3 is 2.50 bits per heavy atom. The third-order valence-electron chi connectivity index (χ3n) is 1.77. The molecule has 0 unspecified atom stereocenters. The monoisotopic (exact) mass is 215 g/mol. The largest absolute Gasteiger partial charge is 0.386 e. The van der Waals surface area contributed by atoms with E-state index in [0.717, 1.165) is 17.7 Å². The lowest BCUT2D eigenvalue weighted by atomic mass is 10.1. The van der Waals surface area contributed by atoms with Crippen LogP contribution in [0.4, 0.5) is 0 Å². The molecule has 0 aromatic heterocycles. The Labute approximate surface area is 92.8 Å². The van der Waals surface area contributed by atoms with Crippen LogP contribution in [0.1, 0.15) is 15.9 Å². The highest BCUT2D eigenvalue weighted by molar-refractivity contribution is 6.00. The number of esters is 2. The summed E-state index contributed by atoms with van der Waals surface area (Å²) in [6.45, 7) is 1.88. The van der Waals surface area contributed by atoms with Crippen molar-refractivity contribution in [3.8, 4) is 6.07 Å². The molecule has 4 heteroatoms. The van der Waals surface area contributed by atoms with Gasteiger partial charge in [0.2, 0.25) is 0 Å². The summed E-state index contributed by atoms with van der Waals surface area (Å²) in [7, 11) is 0. The number of rotatable bonds is 2. The molecule has 80 valence electrons. The maximum atomic E-state index is 11.4. The molecular weight excluding hydrogens is 206 g/mol. The fraction of sp³-hybridized carbons (Fsp3) is 0.0833. The van der Waals surface area contributed by atoms with Gasteiger partial charge in [0, 0.05) is 12.2 Å². The highest BCUT2D eigenvalue weighted by Gasteiger charge is 2.09. The maximum Gasteiger partial charge on any atom is 0.346 e. The van der Waals surface area contributed by atoms with Crippen LogP contribution in [0.3, 0.4) is 0 Å². The van der Waals surface area contributed by atoms with Gasteiger partial charge < -0.3 is 4.74 Å². The predicted molar refractivity (Wildman–Crippen MR) is 56.4 cm³/mol. The van der Waals surface area contributed by atoms with Gasteiger partial charge in [0.15, 0.2) is 0 Å². The first-order valence-electron chi connectivity index (χ1n) is 4.52. The third-order valence-corrected chi connectivity index (χ3v) is 1.77. The summed E-state index contributed by atoms with van der Waals surface area (Å²) in [5, 5.41) is 8.17.